The molecule has 0 saturated heterocycles. The summed E-state index contributed by atoms with van der Waals surface area (Å²) in [5.74, 6) is 0.725. The summed E-state index contributed by atoms with van der Waals surface area (Å²) < 4.78 is 27.1. The van der Waals surface area contributed by atoms with Gasteiger partial charge in [-0.3, -0.25) is 0 Å². The molecule has 2 rings (SSSR count). The molecule has 0 heterocycles. The van der Waals surface area contributed by atoms with Gasteiger partial charge in [0.1, 0.15) is 0 Å². The largest absolute Gasteiger partial charge is 0.243 e. The van der Waals surface area contributed by atoms with Crippen molar-refractivity contribution in [1.29, 1.82) is 0 Å². The molecule has 1 aromatic rings. The van der Waals surface area contributed by atoms with E-state index in [0.717, 1.165) is 42.7 Å². The molecule has 0 N–H and O–H groups in total. The molecule has 1 fully saturated rings. The molecule has 1 aromatic carbocycles. The van der Waals surface area contributed by atoms with Crippen molar-refractivity contribution in [2.24, 2.45) is 5.92 Å². The summed E-state index contributed by atoms with van der Waals surface area (Å²) >= 11 is 0. The van der Waals surface area contributed by atoms with Crippen LogP contribution in [0.2, 0.25) is 0 Å². The van der Waals surface area contributed by atoms with E-state index >= 15 is 0 Å². The van der Waals surface area contributed by atoms with Crippen molar-refractivity contribution >= 4 is 10.0 Å². The summed E-state index contributed by atoms with van der Waals surface area (Å²) in [6, 6.07) is 5.69. The molecule has 0 bridgehead atoms. The Morgan fingerprint density at radius 3 is 2.25 bits per heavy atom. The van der Waals surface area contributed by atoms with Gasteiger partial charge in [0, 0.05) is 13.1 Å². The third-order valence-corrected chi connectivity index (χ3v) is 6.56. The van der Waals surface area contributed by atoms with Crippen molar-refractivity contribution in [3.63, 3.8) is 0 Å². The van der Waals surface area contributed by atoms with Crippen molar-refractivity contribution < 1.29 is 8.42 Å². The summed E-state index contributed by atoms with van der Waals surface area (Å²) in [5.41, 5.74) is 1.93. The third kappa shape index (κ3) is 3.07. The van der Waals surface area contributed by atoms with Crippen LogP contribution in [-0.2, 0) is 10.0 Å². The molecule has 112 valence electrons. The summed E-state index contributed by atoms with van der Waals surface area (Å²) in [6.07, 6.45) is 4.19. The van der Waals surface area contributed by atoms with Crippen LogP contribution < -0.4 is 0 Å². The van der Waals surface area contributed by atoms with Crippen molar-refractivity contribution in [3.05, 3.63) is 29.3 Å². The molecule has 20 heavy (non-hydrogen) atoms. The first-order chi connectivity index (χ1) is 9.32. The quantitative estimate of drug-likeness (QED) is 0.856. The van der Waals surface area contributed by atoms with E-state index in [1.54, 1.807) is 17.4 Å². The Morgan fingerprint density at radius 2 is 1.70 bits per heavy atom. The number of nitrogens with zero attached hydrogens (tertiary/aromatic N) is 1. The molecule has 0 atom stereocenters. The number of sulfonamides is 1. The fourth-order valence-corrected chi connectivity index (χ4v) is 4.67. The lowest BCUT2D eigenvalue weighted by Crippen LogP contribution is -2.39. The lowest BCUT2D eigenvalue weighted by atomic mass is 9.87. The molecular weight excluding hydrogens is 270 g/mol. The van der Waals surface area contributed by atoms with Gasteiger partial charge in [0.25, 0.3) is 0 Å². The Kier molecular flexibility index (Phi) is 4.55. The first-order valence-corrected chi connectivity index (χ1v) is 8.81. The second kappa shape index (κ2) is 5.86. The van der Waals surface area contributed by atoms with Crippen LogP contribution >= 0.6 is 0 Å². The first-order valence-electron chi connectivity index (χ1n) is 7.37. The summed E-state index contributed by atoms with van der Waals surface area (Å²) in [4.78, 5) is 0.448. The van der Waals surface area contributed by atoms with E-state index in [1.807, 2.05) is 26.0 Å². The van der Waals surface area contributed by atoms with Crippen LogP contribution in [0, 0.1) is 19.8 Å². The number of rotatable bonds is 3. The molecule has 0 aromatic heterocycles. The average molecular weight is 295 g/mol. The van der Waals surface area contributed by atoms with Gasteiger partial charge in [0.05, 0.1) is 4.90 Å². The monoisotopic (exact) mass is 295 g/mol. The fraction of sp³-hybridized carbons (Fsp3) is 0.625. The van der Waals surface area contributed by atoms with Gasteiger partial charge < -0.3 is 0 Å². The van der Waals surface area contributed by atoms with Gasteiger partial charge in [-0.15, -0.1) is 0 Å². The van der Waals surface area contributed by atoms with Crippen LogP contribution in [0.3, 0.4) is 0 Å². The van der Waals surface area contributed by atoms with Crippen LogP contribution in [0.1, 0.15) is 43.7 Å². The van der Waals surface area contributed by atoms with E-state index in [1.165, 1.54) is 0 Å². The standard InChI is InChI=1S/C16H25NO2S/c1-12-5-8-15(9-6-12)17(4)20(18,19)16-10-7-13(2)11-14(16)3/h7,10-12,15H,5-6,8-9H2,1-4H3. The SMILES string of the molecule is Cc1ccc(S(=O)(=O)N(C)C2CCC(C)CC2)c(C)c1. The molecule has 0 aliphatic heterocycles. The van der Waals surface area contributed by atoms with E-state index in [9.17, 15) is 8.42 Å². The maximum Gasteiger partial charge on any atom is 0.243 e. The zero-order valence-corrected chi connectivity index (χ0v) is 13.7. The van der Waals surface area contributed by atoms with E-state index in [2.05, 4.69) is 6.92 Å². The highest BCUT2D eigenvalue weighted by Gasteiger charge is 2.31. The Labute approximate surface area is 123 Å². The molecule has 0 spiro atoms. The molecular formula is C16H25NO2S. The molecule has 4 heteroatoms. The Balaban J connectivity index is 2.25. The minimum Gasteiger partial charge on any atom is -0.207 e. The number of hydrogen-bond acceptors (Lipinski definition) is 2. The van der Waals surface area contributed by atoms with Gasteiger partial charge in [0.2, 0.25) is 10.0 Å². The molecule has 1 saturated carbocycles. The van der Waals surface area contributed by atoms with Crippen molar-refractivity contribution in [3.8, 4) is 0 Å². The van der Waals surface area contributed by atoms with Crippen molar-refractivity contribution in [2.75, 3.05) is 7.05 Å². The highest BCUT2D eigenvalue weighted by atomic mass is 32.2. The maximum atomic E-state index is 12.8. The lowest BCUT2D eigenvalue weighted by molar-refractivity contribution is 0.246. The Morgan fingerprint density at radius 1 is 1.10 bits per heavy atom. The number of aryl methyl sites for hydroxylation is 2. The van der Waals surface area contributed by atoms with E-state index in [0.29, 0.717) is 4.90 Å². The van der Waals surface area contributed by atoms with Gasteiger partial charge in [-0.05, 0) is 57.1 Å². The average Bonchev–Trinajstić information content (AvgIpc) is 2.38. The zero-order valence-electron chi connectivity index (χ0n) is 12.9. The summed E-state index contributed by atoms with van der Waals surface area (Å²) in [7, 11) is -1.64. The highest BCUT2D eigenvalue weighted by molar-refractivity contribution is 7.89. The number of benzene rings is 1. The van der Waals surface area contributed by atoms with Crippen molar-refractivity contribution in [2.45, 2.75) is 57.4 Å². The molecule has 0 amide bonds. The van der Waals surface area contributed by atoms with Crippen LogP contribution in [0.5, 0.6) is 0 Å². The summed E-state index contributed by atoms with van der Waals surface area (Å²) in [5, 5.41) is 0. The highest BCUT2D eigenvalue weighted by Crippen LogP contribution is 2.30. The van der Waals surface area contributed by atoms with Crippen LogP contribution in [0.15, 0.2) is 23.1 Å². The second-order valence-corrected chi connectivity index (χ2v) is 8.17. The van der Waals surface area contributed by atoms with Gasteiger partial charge in [-0.1, -0.05) is 24.6 Å². The van der Waals surface area contributed by atoms with Gasteiger partial charge >= 0.3 is 0 Å². The predicted molar refractivity (Wildman–Crippen MR) is 82.3 cm³/mol. The van der Waals surface area contributed by atoms with Crippen molar-refractivity contribution in [1.82, 2.24) is 4.31 Å². The Hall–Kier alpha value is -0.870. The fourth-order valence-electron chi connectivity index (χ4n) is 3.05. The van der Waals surface area contributed by atoms with Crippen LogP contribution in [-0.4, -0.2) is 25.8 Å². The minimum atomic E-state index is -3.37. The van der Waals surface area contributed by atoms with Crippen LogP contribution in [0.25, 0.3) is 0 Å². The predicted octanol–water partition coefficient (Wildman–Crippen LogP) is 3.50. The van der Waals surface area contributed by atoms with Crippen LogP contribution in [0.4, 0.5) is 0 Å². The van der Waals surface area contributed by atoms with E-state index in [4.69, 9.17) is 0 Å². The molecule has 3 nitrogen and oxygen atoms in total. The van der Waals surface area contributed by atoms with Gasteiger partial charge in [0.15, 0.2) is 0 Å². The molecule has 1 aliphatic rings. The van der Waals surface area contributed by atoms with E-state index < -0.39 is 10.0 Å². The van der Waals surface area contributed by atoms with E-state index in [-0.39, 0.29) is 6.04 Å². The van der Waals surface area contributed by atoms with Gasteiger partial charge in [-0.2, -0.15) is 4.31 Å². The molecule has 1 aliphatic carbocycles. The topological polar surface area (TPSA) is 37.4 Å². The summed E-state index contributed by atoms with van der Waals surface area (Å²) in [6.45, 7) is 6.10. The minimum absolute atomic E-state index is 0.150. The first kappa shape index (κ1) is 15.5. The molecule has 0 unspecified atom stereocenters. The smallest absolute Gasteiger partial charge is 0.207 e. The second-order valence-electron chi connectivity index (χ2n) is 6.20. The molecule has 0 radical (unpaired) electrons. The Bertz CT molecular complexity index is 572. The third-order valence-electron chi connectivity index (χ3n) is 4.49. The lowest BCUT2D eigenvalue weighted by Gasteiger charge is -2.33. The normalized spacial score (nSPS) is 24.1. The number of hydrogen-bond donors (Lipinski definition) is 0. The zero-order chi connectivity index (χ0) is 14.9. The van der Waals surface area contributed by atoms with Gasteiger partial charge in [-0.25, -0.2) is 8.42 Å². The maximum absolute atomic E-state index is 12.8.